The average Bonchev–Trinajstić information content (AvgIpc) is 2.77. The number of nitrogens with one attached hydrogen (secondary N) is 2. The number of amides is 2. The first kappa shape index (κ1) is 22.4. The van der Waals surface area contributed by atoms with Crippen molar-refractivity contribution in [3.63, 3.8) is 0 Å². The number of ether oxygens (including phenoxy) is 1. The van der Waals surface area contributed by atoms with Gasteiger partial charge in [0.2, 0.25) is 5.91 Å². The predicted octanol–water partition coefficient (Wildman–Crippen LogP) is 3.81. The summed E-state index contributed by atoms with van der Waals surface area (Å²) >= 11 is 0. The van der Waals surface area contributed by atoms with Crippen molar-refractivity contribution in [3.8, 4) is 17.2 Å². The second kappa shape index (κ2) is 10.6. The number of anilines is 1. The highest BCUT2D eigenvalue weighted by Crippen LogP contribution is 2.22. The van der Waals surface area contributed by atoms with Gasteiger partial charge in [0.05, 0.1) is 12.0 Å². The van der Waals surface area contributed by atoms with Gasteiger partial charge in [0.15, 0.2) is 0 Å². The summed E-state index contributed by atoms with van der Waals surface area (Å²) < 4.78 is 5.72. The number of rotatable bonds is 8. The highest BCUT2D eigenvalue weighted by Gasteiger charge is 2.12. The monoisotopic (exact) mass is 433 g/mol. The molecule has 0 radical (unpaired) electrons. The fourth-order valence-electron chi connectivity index (χ4n) is 2.77. The number of carbonyl (C=O) groups is 2. The number of hydrogen-bond acceptors (Lipinski definition) is 6. The Morgan fingerprint density at radius 1 is 0.969 bits per heavy atom. The van der Waals surface area contributed by atoms with Gasteiger partial charge in [-0.25, -0.2) is 5.43 Å². The third-order valence-electron chi connectivity index (χ3n) is 4.38. The maximum atomic E-state index is 12.2. The van der Waals surface area contributed by atoms with E-state index in [-0.39, 0.29) is 29.4 Å². The van der Waals surface area contributed by atoms with E-state index in [1.165, 1.54) is 12.1 Å². The maximum Gasteiger partial charge on any atom is 0.275 e. The van der Waals surface area contributed by atoms with Crippen LogP contribution in [-0.2, 0) is 11.4 Å². The van der Waals surface area contributed by atoms with Gasteiger partial charge in [-0.15, -0.1) is 0 Å². The summed E-state index contributed by atoms with van der Waals surface area (Å²) in [5, 5.41) is 25.6. The first-order chi connectivity index (χ1) is 15.4. The van der Waals surface area contributed by atoms with E-state index in [1.807, 2.05) is 30.3 Å². The van der Waals surface area contributed by atoms with Crippen LogP contribution >= 0.6 is 0 Å². The average molecular weight is 433 g/mol. The number of aromatic hydroxyl groups is 2. The van der Waals surface area contributed by atoms with E-state index in [9.17, 15) is 19.8 Å². The van der Waals surface area contributed by atoms with E-state index in [2.05, 4.69) is 15.8 Å². The van der Waals surface area contributed by atoms with E-state index >= 15 is 0 Å². The van der Waals surface area contributed by atoms with Crippen molar-refractivity contribution < 1.29 is 24.5 Å². The van der Waals surface area contributed by atoms with Crippen LogP contribution in [0.4, 0.5) is 5.69 Å². The summed E-state index contributed by atoms with van der Waals surface area (Å²) in [5.74, 6) is -0.806. The Hall–Kier alpha value is -4.33. The highest BCUT2D eigenvalue weighted by molar-refractivity contribution is 6.06. The van der Waals surface area contributed by atoms with Gasteiger partial charge in [-0.3, -0.25) is 9.59 Å². The molecule has 32 heavy (non-hydrogen) atoms. The molecule has 4 N–H and O–H groups in total. The minimum Gasteiger partial charge on any atom is -0.508 e. The number of phenols is 2. The van der Waals surface area contributed by atoms with Crippen LogP contribution in [-0.4, -0.2) is 27.7 Å². The Morgan fingerprint density at radius 3 is 2.38 bits per heavy atom. The number of hydrazone groups is 1. The van der Waals surface area contributed by atoms with Crippen molar-refractivity contribution >= 4 is 23.2 Å². The summed E-state index contributed by atoms with van der Waals surface area (Å²) in [5.41, 5.74) is 4.27. The topological polar surface area (TPSA) is 120 Å². The molecule has 8 heteroatoms. The number of nitrogens with zero attached hydrogens (tertiary/aromatic N) is 1. The molecule has 0 spiro atoms. The molecular weight excluding hydrogens is 410 g/mol. The molecule has 0 heterocycles. The van der Waals surface area contributed by atoms with Gasteiger partial charge in [-0.05, 0) is 48.9 Å². The molecule has 164 valence electrons. The Morgan fingerprint density at radius 2 is 1.69 bits per heavy atom. The van der Waals surface area contributed by atoms with Crippen LogP contribution < -0.4 is 15.5 Å². The summed E-state index contributed by atoms with van der Waals surface area (Å²) in [6.07, 6.45) is -0.0336. The van der Waals surface area contributed by atoms with Crippen LogP contribution in [0.1, 0.15) is 29.3 Å². The molecule has 3 aromatic carbocycles. The van der Waals surface area contributed by atoms with Crippen LogP contribution in [0.3, 0.4) is 0 Å². The smallest absolute Gasteiger partial charge is 0.275 e. The molecule has 0 saturated heterocycles. The molecular formula is C24H23N3O5. The van der Waals surface area contributed by atoms with Gasteiger partial charge in [0.1, 0.15) is 23.9 Å². The molecule has 0 aliphatic carbocycles. The van der Waals surface area contributed by atoms with Crippen molar-refractivity contribution in [2.24, 2.45) is 5.10 Å². The molecule has 0 bridgehead atoms. The number of phenolic OH excluding ortho intramolecular Hbond substituents is 2. The van der Waals surface area contributed by atoms with Gasteiger partial charge in [-0.2, -0.15) is 5.10 Å². The van der Waals surface area contributed by atoms with E-state index in [4.69, 9.17) is 4.74 Å². The van der Waals surface area contributed by atoms with E-state index in [0.29, 0.717) is 23.8 Å². The zero-order valence-electron chi connectivity index (χ0n) is 17.4. The van der Waals surface area contributed by atoms with Gasteiger partial charge in [0, 0.05) is 17.5 Å². The molecule has 3 aromatic rings. The summed E-state index contributed by atoms with van der Waals surface area (Å²) in [6, 6.07) is 20.4. The Labute approximate surface area is 185 Å². The third-order valence-corrected chi connectivity index (χ3v) is 4.38. The van der Waals surface area contributed by atoms with Crippen molar-refractivity contribution in [3.05, 3.63) is 83.9 Å². The summed E-state index contributed by atoms with van der Waals surface area (Å²) in [6.45, 7) is 2.05. The first-order valence-electron chi connectivity index (χ1n) is 9.83. The molecule has 0 aliphatic heterocycles. The zero-order valence-corrected chi connectivity index (χ0v) is 17.4. The number of hydrogen-bond donors (Lipinski definition) is 4. The first-order valence-corrected chi connectivity index (χ1v) is 9.83. The molecule has 2 amide bonds. The zero-order chi connectivity index (χ0) is 22.9. The molecule has 0 aromatic heterocycles. The van der Waals surface area contributed by atoms with Crippen molar-refractivity contribution in [2.75, 3.05) is 5.32 Å². The third kappa shape index (κ3) is 6.60. The van der Waals surface area contributed by atoms with Crippen LogP contribution in [0.5, 0.6) is 17.2 Å². The van der Waals surface area contributed by atoms with Crippen molar-refractivity contribution in [1.29, 1.82) is 0 Å². The Kier molecular flexibility index (Phi) is 7.42. The maximum absolute atomic E-state index is 12.2. The van der Waals surface area contributed by atoms with Gasteiger partial charge >= 0.3 is 0 Å². The molecule has 0 fully saturated rings. The second-order valence-corrected chi connectivity index (χ2v) is 7.01. The SMILES string of the molecule is C/C(CC(=O)Nc1ccc(OCc2ccccc2)cc1)=N\NC(=O)c1ccc(O)cc1O. The van der Waals surface area contributed by atoms with Crippen molar-refractivity contribution in [1.82, 2.24) is 5.43 Å². The lowest BCUT2D eigenvalue weighted by atomic mass is 10.2. The lowest BCUT2D eigenvalue weighted by molar-refractivity contribution is -0.115. The minimum absolute atomic E-state index is 0.0336. The standard InChI is InChI=1S/C24H23N3O5/c1-16(26-27-24(31)21-12-9-19(28)14-22(21)29)13-23(30)25-18-7-10-20(11-8-18)32-15-17-5-3-2-4-6-17/h2-12,14,28-29H,13,15H2,1H3,(H,25,30)(H,27,31)/b26-16+. The second-order valence-electron chi connectivity index (χ2n) is 7.01. The Balaban J connectivity index is 1.47. The highest BCUT2D eigenvalue weighted by atomic mass is 16.5. The van der Waals surface area contributed by atoms with E-state index in [0.717, 1.165) is 11.6 Å². The van der Waals surface area contributed by atoms with Gasteiger partial charge in [0.25, 0.3) is 5.91 Å². The van der Waals surface area contributed by atoms with Crippen LogP contribution in [0.15, 0.2) is 77.9 Å². The molecule has 0 unspecified atom stereocenters. The molecule has 8 nitrogen and oxygen atoms in total. The van der Waals surface area contributed by atoms with Crippen LogP contribution in [0.25, 0.3) is 0 Å². The molecule has 3 rings (SSSR count). The van der Waals surface area contributed by atoms with Gasteiger partial charge < -0.3 is 20.3 Å². The summed E-state index contributed by atoms with van der Waals surface area (Å²) in [4.78, 5) is 24.3. The van der Waals surface area contributed by atoms with Crippen LogP contribution in [0, 0.1) is 0 Å². The largest absolute Gasteiger partial charge is 0.508 e. The van der Waals surface area contributed by atoms with E-state index in [1.54, 1.807) is 31.2 Å². The summed E-state index contributed by atoms with van der Waals surface area (Å²) in [7, 11) is 0. The van der Waals surface area contributed by atoms with Gasteiger partial charge in [-0.1, -0.05) is 30.3 Å². The van der Waals surface area contributed by atoms with Crippen LogP contribution in [0.2, 0.25) is 0 Å². The lowest BCUT2D eigenvalue weighted by Crippen LogP contribution is -2.21. The Bertz CT molecular complexity index is 1110. The van der Waals surface area contributed by atoms with E-state index < -0.39 is 5.91 Å². The molecule has 0 saturated carbocycles. The number of carbonyl (C=O) groups excluding carboxylic acids is 2. The lowest BCUT2D eigenvalue weighted by Gasteiger charge is -2.09. The number of benzene rings is 3. The fraction of sp³-hybridized carbons (Fsp3) is 0.125. The van der Waals surface area contributed by atoms with Crippen molar-refractivity contribution in [2.45, 2.75) is 20.0 Å². The fourth-order valence-corrected chi connectivity index (χ4v) is 2.77. The minimum atomic E-state index is -0.659. The normalized spacial score (nSPS) is 11.0. The molecule has 0 aliphatic rings. The quantitative estimate of drug-likeness (QED) is 0.318. The predicted molar refractivity (Wildman–Crippen MR) is 121 cm³/mol. The molecule has 0 atom stereocenters.